The van der Waals surface area contributed by atoms with E-state index in [4.69, 9.17) is 0 Å². The van der Waals surface area contributed by atoms with Gasteiger partial charge in [-0.25, -0.2) is 4.98 Å². The summed E-state index contributed by atoms with van der Waals surface area (Å²) in [5, 5.41) is 6.65. The van der Waals surface area contributed by atoms with Crippen LogP contribution in [-0.2, 0) is 6.42 Å². The highest BCUT2D eigenvalue weighted by Gasteiger charge is 2.13. The third-order valence-electron chi connectivity index (χ3n) is 4.85. The standard InChI is InChI=1S/C23H32N8/c1-6-20-26-22(29-23(28-20)31(7-2)16-15-30(4)5)27-21-14-13-19(17(3)24-21)25-18-11-9-8-10-12-18/h8-14,25H,6-7,15-16H2,1-5H3,(H,24,26,27,28,29). The lowest BCUT2D eigenvalue weighted by molar-refractivity contribution is 0.413. The normalized spacial score (nSPS) is 10.9. The third kappa shape index (κ3) is 6.36. The van der Waals surface area contributed by atoms with Gasteiger partial charge in [-0.15, -0.1) is 0 Å². The number of benzene rings is 1. The summed E-state index contributed by atoms with van der Waals surface area (Å²) >= 11 is 0. The summed E-state index contributed by atoms with van der Waals surface area (Å²) in [7, 11) is 4.13. The number of likely N-dealkylation sites (N-methyl/N-ethyl adjacent to an activating group) is 2. The first-order valence-electron chi connectivity index (χ1n) is 10.7. The van der Waals surface area contributed by atoms with Crippen LogP contribution in [-0.4, -0.2) is 58.6 Å². The molecular weight excluding hydrogens is 388 g/mol. The quantitative estimate of drug-likeness (QED) is 0.509. The summed E-state index contributed by atoms with van der Waals surface area (Å²) in [6.45, 7) is 8.76. The highest BCUT2D eigenvalue weighted by Crippen LogP contribution is 2.22. The van der Waals surface area contributed by atoms with E-state index >= 15 is 0 Å². The number of rotatable bonds is 10. The van der Waals surface area contributed by atoms with Gasteiger partial charge in [-0.05, 0) is 52.2 Å². The molecule has 0 radical (unpaired) electrons. The van der Waals surface area contributed by atoms with Gasteiger partial charge in [0.25, 0.3) is 0 Å². The number of pyridine rings is 1. The first-order chi connectivity index (χ1) is 15.0. The summed E-state index contributed by atoms with van der Waals surface area (Å²) in [6, 6.07) is 14.0. The van der Waals surface area contributed by atoms with E-state index in [0.29, 0.717) is 17.7 Å². The van der Waals surface area contributed by atoms with Crippen LogP contribution in [0.4, 0.5) is 29.1 Å². The van der Waals surface area contributed by atoms with Crippen LogP contribution in [0, 0.1) is 6.92 Å². The first-order valence-corrected chi connectivity index (χ1v) is 10.7. The van der Waals surface area contributed by atoms with E-state index in [1.54, 1.807) is 0 Å². The Labute approximate surface area is 184 Å². The van der Waals surface area contributed by atoms with E-state index in [0.717, 1.165) is 48.9 Å². The Hall–Kier alpha value is -3.26. The fraction of sp³-hybridized carbons (Fsp3) is 0.391. The molecule has 8 heteroatoms. The van der Waals surface area contributed by atoms with Crippen LogP contribution in [0.5, 0.6) is 0 Å². The van der Waals surface area contributed by atoms with Crippen molar-refractivity contribution in [1.29, 1.82) is 0 Å². The van der Waals surface area contributed by atoms with E-state index in [2.05, 4.69) is 61.4 Å². The molecule has 0 aliphatic carbocycles. The second-order valence-electron chi connectivity index (χ2n) is 7.56. The molecule has 3 aromatic rings. The lowest BCUT2D eigenvalue weighted by Crippen LogP contribution is -2.33. The third-order valence-corrected chi connectivity index (χ3v) is 4.85. The van der Waals surface area contributed by atoms with Gasteiger partial charge in [-0.1, -0.05) is 25.1 Å². The Morgan fingerprint density at radius 2 is 1.61 bits per heavy atom. The highest BCUT2D eigenvalue weighted by molar-refractivity contribution is 5.64. The van der Waals surface area contributed by atoms with Gasteiger partial charge in [-0.2, -0.15) is 15.0 Å². The van der Waals surface area contributed by atoms with Gasteiger partial charge in [-0.3, -0.25) is 0 Å². The first kappa shape index (κ1) is 22.4. The van der Waals surface area contributed by atoms with Crippen molar-refractivity contribution in [2.75, 3.05) is 49.3 Å². The second-order valence-corrected chi connectivity index (χ2v) is 7.56. The number of aromatic nitrogens is 4. The minimum atomic E-state index is 0.515. The molecule has 8 nitrogen and oxygen atoms in total. The molecule has 2 aromatic heterocycles. The Balaban J connectivity index is 1.79. The van der Waals surface area contributed by atoms with E-state index in [1.165, 1.54) is 0 Å². The van der Waals surface area contributed by atoms with Crippen LogP contribution in [0.1, 0.15) is 25.4 Å². The molecule has 0 unspecified atom stereocenters. The van der Waals surface area contributed by atoms with Crippen molar-refractivity contribution >= 4 is 29.1 Å². The molecule has 0 atom stereocenters. The molecule has 2 N–H and O–H groups in total. The summed E-state index contributed by atoms with van der Waals surface area (Å²) in [4.78, 5) is 22.9. The van der Waals surface area contributed by atoms with E-state index in [-0.39, 0.29) is 0 Å². The van der Waals surface area contributed by atoms with E-state index in [1.807, 2.05) is 56.3 Å². The van der Waals surface area contributed by atoms with Crippen LogP contribution in [0.15, 0.2) is 42.5 Å². The van der Waals surface area contributed by atoms with Crippen molar-refractivity contribution in [3.8, 4) is 0 Å². The monoisotopic (exact) mass is 420 g/mol. The molecule has 0 fully saturated rings. The van der Waals surface area contributed by atoms with Gasteiger partial charge in [0.1, 0.15) is 11.6 Å². The molecule has 0 bridgehead atoms. The van der Waals surface area contributed by atoms with Crippen molar-refractivity contribution < 1.29 is 0 Å². The van der Waals surface area contributed by atoms with Gasteiger partial charge < -0.3 is 20.4 Å². The van der Waals surface area contributed by atoms with Gasteiger partial charge in [0.15, 0.2) is 0 Å². The van der Waals surface area contributed by atoms with Crippen molar-refractivity contribution in [3.05, 3.63) is 54.0 Å². The number of anilines is 5. The van der Waals surface area contributed by atoms with Crippen LogP contribution < -0.4 is 15.5 Å². The zero-order valence-electron chi connectivity index (χ0n) is 19.1. The molecule has 0 amide bonds. The zero-order chi connectivity index (χ0) is 22.2. The SMILES string of the molecule is CCc1nc(Nc2ccc(Nc3ccccc3)c(C)n2)nc(N(CC)CCN(C)C)n1. The molecule has 164 valence electrons. The smallest absolute Gasteiger partial charge is 0.233 e. The summed E-state index contributed by atoms with van der Waals surface area (Å²) in [5.41, 5.74) is 2.88. The Bertz CT molecular complexity index is 975. The fourth-order valence-corrected chi connectivity index (χ4v) is 3.04. The summed E-state index contributed by atoms with van der Waals surface area (Å²) in [5.74, 6) is 2.67. The number of nitrogens with zero attached hydrogens (tertiary/aromatic N) is 6. The van der Waals surface area contributed by atoms with Crippen LogP contribution in [0.25, 0.3) is 0 Å². The maximum absolute atomic E-state index is 4.68. The van der Waals surface area contributed by atoms with Gasteiger partial charge in [0.2, 0.25) is 11.9 Å². The molecule has 2 heterocycles. The maximum atomic E-state index is 4.68. The average Bonchev–Trinajstić information content (AvgIpc) is 2.76. The van der Waals surface area contributed by atoms with Gasteiger partial charge in [0.05, 0.1) is 11.4 Å². The second kappa shape index (κ2) is 10.7. The minimum absolute atomic E-state index is 0.515. The van der Waals surface area contributed by atoms with Crippen LogP contribution in [0.2, 0.25) is 0 Å². The van der Waals surface area contributed by atoms with Crippen LogP contribution >= 0.6 is 0 Å². The van der Waals surface area contributed by atoms with Gasteiger partial charge in [0, 0.05) is 31.7 Å². The lowest BCUT2D eigenvalue weighted by Gasteiger charge is -2.23. The molecule has 0 saturated carbocycles. The number of nitrogens with one attached hydrogen (secondary N) is 2. The Morgan fingerprint density at radius 1 is 0.839 bits per heavy atom. The van der Waals surface area contributed by atoms with E-state index < -0.39 is 0 Å². The largest absolute Gasteiger partial charge is 0.354 e. The minimum Gasteiger partial charge on any atom is -0.354 e. The molecule has 0 aliphatic heterocycles. The number of aryl methyl sites for hydroxylation is 2. The number of para-hydroxylation sites is 1. The predicted molar refractivity (Wildman–Crippen MR) is 128 cm³/mol. The summed E-state index contributed by atoms with van der Waals surface area (Å²) < 4.78 is 0. The topological polar surface area (TPSA) is 82.1 Å². The highest BCUT2D eigenvalue weighted by atomic mass is 15.3. The maximum Gasteiger partial charge on any atom is 0.233 e. The zero-order valence-corrected chi connectivity index (χ0v) is 19.1. The van der Waals surface area contributed by atoms with Crippen molar-refractivity contribution in [2.24, 2.45) is 0 Å². The fourth-order valence-electron chi connectivity index (χ4n) is 3.04. The van der Waals surface area contributed by atoms with Crippen LogP contribution in [0.3, 0.4) is 0 Å². The molecule has 0 aliphatic rings. The molecule has 1 aromatic carbocycles. The summed E-state index contributed by atoms with van der Waals surface area (Å²) in [6.07, 6.45) is 0.738. The Kier molecular flexibility index (Phi) is 7.72. The van der Waals surface area contributed by atoms with Crippen molar-refractivity contribution in [2.45, 2.75) is 27.2 Å². The molecule has 0 saturated heterocycles. The molecular formula is C23H32N8. The Morgan fingerprint density at radius 3 is 2.26 bits per heavy atom. The molecule has 0 spiro atoms. The van der Waals surface area contributed by atoms with Crippen molar-refractivity contribution in [3.63, 3.8) is 0 Å². The predicted octanol–water partition coefficient (Wildman–Crippen LogP) is 4.01. The number of hydrogen-bond donors (Lipinski definition) is 2. The molecule has 3 rings (SSSR count). The van der Waals surface area contributed by atoms with Crippen molar-refractivity contribution in [1.82, 2.24) is 24.8 Å². The lowest BCUT2D eigenvalue weighted by atomic mass is 10.2. The molecule has 31 heavy (non-hydrogen) atoms. The number of hydrogen-bond acceptors (Lipinski definition) is 8. The van der Waals surface area contributed by atoms with Gasteiger partial charge >= 0.3 is 0 Å². The van der Waals surface area contributed by atoms with E-state index in [9.17, 15) is 0 Å². The average molecular weight is 421 g/mol.